The first-order chi connectivity index (χ1) is 14.1. The van der Waals surface area contributed by atoms with Crippen molar-refractivity contribution in [1.82, 2.24) is 4.90 Å². The summed E-state index contributed by atoms with van der Waals surface area (Å²) in [5.41, 5.74) is 3.27. The molecule has 1 amide bonds. The van der Waals surface area contributed by atoms with E-state index in [1.807, 2.05) is 42.5 Å². The van der Waals surface area contributed by atoms with Gasteiger partial charge in [-0.3, -0.25) is 14.7 Å². The van der Waals surface area contributed by atoms with E-state index in [-0.39, 0.29) is 5.91 Å². The number of anilines is 1. The summed E-state index contributed by atoms with van der Waals surface area (Å²) in [6.45, 7) is 2.63. The number of hydrogen-bond donors (Lipinski definition) is 1. The van der Waals surface area contributed by atoms with Gasteiger partial charge in [0.15, 0.2) is 12.0 Å². The Morgan fingerprint density at radius 2 is 1.79 bits per heavy atom. The molecule has 0 saturated carbocycles. The summed E-state index contributed by atoms with van der Waals surface area (Å²) in [7, 11) is 0. The number of piperidine rings is 1. The van der Waals surface area contributed by atoms with Crippen LogP contribution in [0.5, 0.6) is 0 Å². The number of aliphatic imine (C=N–C) groups is 1. The van der Waals surface area contributed by atoms with Crippen LogP contribution in [0.3, 0.4) is 0 Å². The molecule has 0 radical (unpaired) electrons. The molecule has 0 bridgehead atoms. The van der Waals surface area contributed by atoms with Crippen LogP contribution in [0.2, 0.25) is 5.02 Å². The highest BCUT2D eigenvalue weighted by atomic mass is 35.5. The Balaban J connectivity index is 1.51. The van der Waals surface area contributed by atoms with Gasteiger partial charge in [0.25, 0.3) is 5.91 Å². The molecule has 29 heavy (non-hydrogen) atoms. The number of nitrogens with zero attached hydrogens (tertiary/aromatic N) is 2. The van der Waals surface area contributed by atoms with Crippen molar-refractivity contribution in [2.75, 3.05) is 31.6 Å². The summed E-state index contributed by atoms with van der Waals surface area (Å²) >= 11 is 6.27. The monoisotopic (exact) mass is 411 g/mol. The first kappa shape index (κ1) is 18.8. The summed E-state index contributed by atoms with van der Waals surface area (Å²) < 4.78 is 11.6. The van der Waals surface area contributed by atoms with Crippen LogP contribution in [0.25, 0.3) is 0 Å². The maximum absolute atomic E-state index is 13.1. The highest BCUT2D eigenvalue weighted by Gasteiger charge is 2.42. The van der Waals surface area contributed by atoms with Gasteiger partial charge in [0, 0.05) is 42.1 Å². The molecule has 1 spiro atoms. The molecule has 2 aromatic rings. The molecule has 0 aliphatic carbocycles. The molecule has 1 atom stereocenters. The average Bonchev–Trinajstić information content (AvgIpc) is 3.14. The molecular weight excluding hydrogens is 390 g/mol. The standard InChI is InChI=1S/C22H22ClN3O3/c23-16-6-7-18-17(14-16)19(15-4-2-1-3-5-15)25-20(21(27)24-18)26-10-8-22(9-11-26)28-12-13-29-22/h1-7,14,20H,8-13H2,(H,24,27). The van der Waals surface area contributed by atoms with Crippen molar-refractivity contribution in [3.8, 4) is 0 Å². The third-order valence-corrected chi connectivity index (χ3v) is 5.98. The van der Waals surface area contributed by atoms with Crippen molar-refractivity contribution < 1.29 is 14.3 Å². The summed E-state index contributed by atoms with van der Waals surface area (Å²) in [5, 5.41) is 3.65. The van der Waals surface area contributed by atoms with Crippen LogP contribution in [0.1, 0.15) is 24.0 Å². The Kier molecular flexibility index (Phi) is 4.87. The van der Waals surface area contributed by atoms with Crippen molar-refractivity contribution in [2.24, 2.45) is 4.99 Å². The zero-order valence-electron chi connectivity index (χ0n) is 15.9. The molecule has 3 aliphatic rings. The number of benzene rings is 2. The maximum atomic E-state index is 13.1. The van der Waals surface area contributed by atoms with Gasteiger partial charge in [0.1, 0.15) is 0 Å². The van der Waals surface area contributed by atoms with Gasteiger partial charge < -0.3 is 14.8 Å². The summed E-state index contributed by atoms with van der Waals surface area (Å²) in [4.78, 5) is 20.1. The van der Waals surface area contributed by atoms with Crippen molar-refractivity contribution >= 4 is 28.9 Å². The lowest BCUT2D eigenvalue weighted by atomic mass is 10.0. The van der Waals surface area contributed by atoms with E-state index in [0.29, 0.717) is 31.3 Å². The molecule has 0 aromatic heterocycles. The van der Waals surface area contributed by atoms with E-state index < -0.39 is 12.0 Å². The number of carbonyl (C=O) groups is 1. The fourth-order valence-electron chi connectivity index (χ4n) is 4.24. The summed E-state index contributed by atoms with van der Waals surface area (Å²) in [6.07, 6.45) is 0.840. The third-order valence-electron chi connectivity index (χ3n) is 5.75. The van der Waals surface area contributed by atoms with Gasteiger partial charge in [-0.1, -0.05) is 41.9 Å². The third kappa shape index (κ3) is 3.57. The highest BCUT2D eigenvalue weighted by molar-refractivity contribution is 6.32. The minimum absolute atomic E-state index is 0.135. The second-order valence-electron chi connectivity index (χ2n) is 7.54. The average molecular weight is 412 g/mol. The van der Waals surface area contributed by atoms with E-state index in [1.165, 1.54) is 0 Å². The second-order valence-corrected chi connectivity index (χ2v) is 7.98. The van der Waals surface area contributed by atoms with Gasteiger partial charge in [0.2, 0.25) is 0 Å². The van der Waals surface area contributed by atoms with E-state index in [2.05, 4.69) is 10.2 Å². The minimum atomic E-state index is -0.616. The smallest absolute Gasteiger partial charge is 0.264 e. The Labute approximate surface area is 174 Å². The van der Waals surface area contributed by atoms with E-state index in [4.69, 9.17) is 26.1 Å². The van der Waals surface area contributed by atoms with Crippen LogP contribution in [-0.4, -0.2) is 54.8 Å². The zero-order valence-corrected chi connectivity index (χ0v) is 16.7. The van der Waals surface area contributed by atoms with Gasteiger partial charge >= 0.3 is 0 Å². The van der Waals surface area contributed by atoms with E-state index in [1.54, 1.807) is 6.07 Å². The fraction of sp³-hybridized carbons (Fsp3) is 0.364. The number of benzodiazepines with no additional fused rings is 1. The van der Waals surface area contributed by atoms with E-state index in [0.717, 1.165) is 35.4 Å². The van der Waals surface area contributed by atoms with Crippen LogP contribution in [0, 0.1) is 0 Å². The van der Waals surface area contributed by atoms with Gasteiger partial charge in [-0.05, 0) is 18.2 Å². The van der Waals surface area contributed by atoms with Crippen molar-refractivity contribution in [3.63, 3.8) is 0 Å². The van der Waals surface area contributed by atoms with Gasteiger partial charge in [-0.25, -0.2) is 0 Å². The predicted molar refractivity (Wildman–Crippen MR) is 111 cm³/mol. The molecule has 7 heteroatoms. The van der Waals surface area contributed by atoms with Crippen LogP contribution in [-0.2, 0) is 14.3 Å². The molecule has 3 aliphatic heterocycles. The largest absolute Gasteiger partial charge is 0.347 e. The number of rotatable bonds is 2. The van der Waals surface area contributed by atoms with Crippen LogP contribution in [0.4, 0.5) is 5.69 Å². The van der Waals surface area contributed by atoms with Crippen LogP contribution in [0.15, 0.2) is 53.5 Å². The molecular formula is C22H22ClN3O3. The first-order valence-corrected chi connectivity index (χ1v) is 10.3. The van der Waals surface area contributed by atoms with Crippen LogP contribution >= 0.6 is 11.6 Å². The number of likely N-dealkylation sites (tertiary alicyclic amines) is 1. The lowest BCUT2D eigenvalue weighted by Gasteiger charge is -2.39. The Morgan fingerprint density at radius 3 is 2.52 bits per heavy atom. The number of nitrogens with one attached hydrogen (secondary N) is 1. The highest BCUT2D eigenvalue weighted by Crippen LogP contribution is 2.33. The number of halogens is 1. The zero-order chi connectivity index (χ0) is 19.8. The quantitative estimate of drug-likeness (QED) is 0.823. The number of fused-ring (bicyclic) bond motifs is 1. The Hall–Kier alpha value is -2.25. The lowest BCUT2D eigenvalue weighted by Crippen LogP contribution is -2.51. The molecule has 1 unspecified atom stereocenters. The molecule has 150 valence electrons. The molecule has 2 fully saturated rings. The van der Waals surface area contributed by atoms with Crippen molar-refractivity contribution in [2.45, 2.75) is 24.8 Å². The van der Waals surface area contributed by atoms with E-state index >= 15 is 0 Å². The molecule has 3 heterocycles. The van der Waals surface area contributed by atoms with Crippen molar-refractivity contribution in [1.29, 1.82) is 0 Å². The van der Waals surface area contributed by atoms with Crippen molar-refractivity contribution in [3.05, 3.63) is 64.7 Å². The normalized spacial score (nSPS) is 24.0. The Bertz CT molecular complexity index is 947. The fourth-order valence-corrected chi connectivity index (χ4v) is 4.41. The lowest BCUT2D eigenvalue weighted by molar-refractivity contribution is -0.188. The minimum Gasteiger partial charge on any atom is -0.347 e. The van der Waals surface area contributed by atoms with Gasteiger partial charge in [-0.2, -0.15) is 0 Å². The van der Waals surface area contributed by atoms with E-state index in [9.17, 15) is 4.79 Å². The molecule has 2 aromatic carbocycles. The first-order valence-electron chi connectivity index (χ1n) is 9.90. The summed E-state index contributed by atoms with van der Waals surface area (Å²) in [5.74, 6) is -0.621. The molecule has 1 N–H and O–H groups in total. The van der Waals surface area contributed by atoms with Gasteiger partial charge in [-0.15, -0.1) is 0 Å². The van der Waals surface area contributed by atoms with Crippen LogP contribution < -0.4 is 5.32 Å². The molecule has 5 rings (SSSR count). The number of carbonyl (C=O) groups excluding carboxylic acids is 1. The number of amides is 1. The Morgan fingerprint density at radius 1 is 1.07 bits per heavy atom. The molecule has 2 saturated heterocycles. The number of hydrogen-bond acceptors (Lipinski definition) is 5. The number of ether oxygens (including phenoxy) is 2. The topological polar surface area (TPSA) is 63.2 Å². The second kappa shape index (κ2) is 7.54. The molecule has 6 nitrogen and oxygen atoms in total. The van der Waals surface area contributed by atoms with Gasteiger partial charge in [0.05, 0.1) is 24.6 Å². The summed E-state index contributed by atoms with van der Waals surface area (Å²) in [6, 6.07) is 15.4. The predicted octanol–water partition coefficient (Wildman–Crippen LogP) is 3.29. The maximum Gasteiger partial charge on any atom is 0.264 e. The SMILES string of the molecule is O=C1Nc2ccc(Cl)cc2C(c2ccccc2)=NC1N1CCC2(CC1)OCCO2.